The average Bonchev–Trinajstić information content (AvgIpc) is 3.11. The van der Waals surface area contributed by atoms with Gasteiger partial charge in [-0.25, -0.2) is 13.4 Å². The summed E-state index contributed by atoms with van der Waals surface area (Å²) in [5.74, 6) is 1.04. The minimum absolute atomic E-state index is 0.266. The van der Waals surface area contributed by atoms with Gasteiger partial charge >= 0.3 is 0 Å². The molecule has 1 N–H and O–H groups in total. The van der Waals surface area contributed by atoms with E-state index in [1.807, 2.05) is 7.05 Å². The molecule has 0 radical (unpaired) electrons. The number of piperidine rings is 1. The summed E-state index contributed by atoms with van der Waals surface area (Å²) >= 11 is 1.27. The summed E-state index contributed by atoms with van der Waals surface area (Å²) in [6.07, 6.45) is 5.96. The highest BCUT2D eigenvalue weighted by Crippen LogP contribution is 2.28. The topological polar surface area (TPSA) is 75.2 Å². The Morgan fingerprint density at radius 2 is 2.22 bits per heavy atom. The number of nitrogens with one attached hydrogen (secondary N) is 1. The molecule has 0 spiro atoms. The molecule has 2 aromatic rings. The summed E-state index contributed by atoms with van der Waals surface area (Å²) < 4.78 is 27.4. The van der Waals surface area contributed by atoms with Gasteiger partial charge in [-0.3, -0.25) is 4.98 Å². The van der Waals surface area contributed by atoms with Crippen molar-refractivity contribution >= 4 is 27.2 Å². The smallest absolute Gasteiger partial charge is 0.252 e. The normalized spacial score (nSPS) is 19.6. The summed E-state index contributed by atoms with van der Waals surface area (Å²) in [6, 6.07) is 3.45. The lowest BCUT2D eigenvalue weighted by atomic mass is 9.94. The van der Waals surface area contributed by atoms with Crippen LogP contribution in [-0.2, 0) is 16.4 Å². The maximum Gasteiger partial charge on any atom is 0.252 e. The number of hydrogen-bond donors (Lipinski definition) is 1. The second kappa shape index (κ2) is 6.94. The van der Waals surface area contributed by atoms with Crippen molar-refractivity contribution in [3.8, 4) is 0 Å². The zero-order valence-electron chi connectivity index (χ0n) is 13.0. The second-order valence-corrected chi connectivity index (χ2v) is 8.72. The third kappa shape index (κ3) is 3.54. The molecule has 0 bridgehead atoms. The zero-order chi connectivity index (χ0) is 16.3. The molecule has 0 saturated carbocycles. The van der Waals surface area contributed by atoms with Crippen LogP contribution in [0.2, 0.25) is 0 Å². The van der Waals surface area contributed by atoms with Crippen molar-refractivity contribution < 1.29 is 8.42 Å². The van der Waals surface area contributed by atoms with Crippen LogP contribution >= 0.6 is 11.3 Å². The fourth-order valence-electron chi connectivity index (χ4n) is 2.95. The van der Waals surface area contributed by atoms with Gasteiger partial charge < -0.3 is 5.32 Å². The lowest BCUT2D eigenvalue weighted by Crippen LogP contribution is -2.40. The van der Waals surface area contributed by atoms with Crippen molar-refractivity contribution in [3.05, 3.63) is 35.6 Å². The zero-order valence-corrected chi connectivity index (χ0v) is 14.6. The minimum atomic E-state index is -3.36. The first kappa shape index (κ1) is 16.4. The fourth-order valence-corrected chi connectivity index (χ4v) is 5.65. The molecule has 124 valence electrons. The van der Waals surface area contributed by atoms with Crippen molar-refractivity contribution in [2.45, 2.75) is 23.5 Å². The number of aromatic nitrogens is 2. The third-order valence-electron chi connectivity index (χ3n) is 4.06. The molecule has 6 nitrogen and oxygen atoms in total. The van der Waals surface area contributed by atoms with Gasteiger partial charge in [0.15, 0.2) is 0 Å². The van der Waals surface area contributed by atoms with E-state index in [1.165, 1.54) is 11.3 Å². The highest BCUT2D eigenvalue weighted by Gasteiger charge is 2.31. The van der Waals surface area contributed by atoms with E-state index in [-0.39, 0.29) is 5.92 Å². The molecular weight excluding hydrogens is 332 g/mol. The quantitative estimate of drug-likeness (QED) is 0.893. The highest BCUT2D eigenvalue weighted by molar-refractivity contribution is 7.91. The third-order valence-corrected chi connectivity index (χ3v) is 7.30. The SMILES string of the molecule is CNc1nccnc1CC1CCCN(S(=O)(=O)c2cccs2)C1. The first-order valence-corrected chi connectivity index (χ1v) is 9.94. The van der Waals surface area contributed by atoms with Crippen molar-refractivity contribution in [2.75, 3.05) is 25.5 Å². The Balaban J connectivity index is 1.74. The van der Waals surface area contributed by atoms with E-state index in [0.29, 0.717) is 17.3 Å². The Kier molecular flexibility index (Phi) is 4.93. The molecule has 1 aliphatic heterocycles. The van der Waals surface area contributed by atoms with E-state index in [9.17, 15) is 8.42 Å². The van der Waals surface area contributed by atoms with E-state index < -0.39 is 10.0 Å². The Morgan fingerprint density at radius 1 is 1.39 bits per heavy atom. The molecule has 2 aromatic heterocycles. The predicted molar refractivity (Wildman–Crippen MR) is 91.1 cm³/mol. The van der Waals surface area contributed by atoms with Gasteiger partial charge in [-0.1, -0.05) is 6.07 Å². The Bertz CT molecular complexity index is 747. The summed E-state index contributed by atoms with van der Waals surface area (Å²) in [5, 5.41) is 4.84. The predicted octanol–water partition coefficient (Wildman–Crippen LogP) is 2.22. The molecule has 1 aliphatic rings. The number of thiophene rings is 1. The van der Waals surface area contributed by atoms with Crippen molar-refractivity contribution in [2.24, 2.45) is 5.92 Å². The minimum Gasteiger partial charge on any atom is -0.372 e. The van der Waals surface area contributed by atoms with Crippen LogP contribution in [0.1, 0.15) is 18.5 Å². The molecule has 0 amide bonds. The molecule has 3 heterocycles. The van der Waals surface area contributed by atoms with E-state index in [1.54, 1.807) is 34.2 Å². The second-order valence-electron chi connectivity index (χ2n) is 5.61. The molecule has 1 saturated heterocycles. The van der Waals surface area contributed by atoms with E-state index in [0.717, 1.165) is 30.8 Å². The van der Waals surface area contributed by atoms with Crippen LogP contribution < -0.4 is 5.32 Å². The first-order valence-electron chi connectivity index (χ1n) is 7.62. The standard InChI is InChI=1S/C15H20N4O2S2/c1-16-15-13(17-6-7-18-15)10-12-4-2-8-19(11-12)23(20,21)14-5-3-9-22-14/h3,5-7,9,12H,2,4,8,10-11H2,1H3,(H,16,18). The van der Waals surface area contributed by atoms with Crippen molar-refractivity contribution in [3.63, 3.8) is 0 Å². The van der Waals surface area contributed by atoms with E-state index in [4.69, 9.17) is 0 Å². The molecule has 0 aliphatic carbocycles. The van der Waals surface area contributed by atoms with E-state index >= 15 is 0 Å². The van der Waals surface area contributed by atoms with Crippen LogP contribution in [-0.4, -0.2) is 42.8 Å². The molecular formula is C15H20N4O2S2. The van der Waals surface area contributed by atoms with Crippen molar-refractivity contribution in [1.29, 1.82) is 0 Å². The van der Waals surface area contributed by atoms with Crippen LogP contribution in [0.5, 0.6) is 0 Å². The van der Waals surface area contributed by atoms with Crippen LogP contribution in [0.25, 0.3) is 0 Å². The molecule has 1 fully saturated rings. The number of hydrogen-bond acceptors (Lipinski definition) is 6. The maximum absolute atomic E-state index is 12.7. The summed E-state index contributed by atoms with van der Waals surface area (Å²) in [7, 11) is -1.54. The van der Waals surface area contributed by atoms with Crippen molar-refractivity contribution in [1.82, 2.24) is 14.3 Å². The van der Waals surface area contributed by atoms with Crippen LogP contribution in [0.4, 0.5) is 5.82 Å². The van der Waals surface area contributed by atoms with Gasteiger partial charge in [-0.15, -0.1) is 11.3 Å². The van der Waals surface area contributed by atoms with Gasteiger partial charge in [0.05, 0.1) is 5.69 Å². The summed E-state index contributed by atoms with van der Waals surface area (Å²) in [5.41, 5.74) is 0.898. The van der Waals surface area contributed by atoms with Crippen LogP contribution in [0.15, 0.2) is 34.1 Å². The number of anilines is 1. The lowest BCUT2D eigenvalue weighted by Gasteiger charge is -2.31. The summed E-state index contributed by atoms with van der Waals surface area (Å²) in [6.45, 7) is 1.13. The Hall–Kier alpha value is -1.51. The molecule has 1 unspecified atom stereocenters. The monoisotopic (exact) mass is 352 g/mol. The molecule has 3 rings (SSSR count). The maximum atomic E-state index is 12.7. The van der Waals surface area contributed by atoms with Gasteiger partial charge in [-0.05, 0) is 36.6 Å². The van der Waals surface area contributed by atoms with Gasteiger partial charge in [0.1, 0.15) is 10.0 Å². The average molecular weight is 352 g/mol. The van der Waals surface area contributed by atoms with E-state index in [2.05, 4.69) is 15.3 Å². The first-order chi connectivity index (χ1) is 11.1. The lowest BCUT2D eigenvalue weighted by molar-refractivity contribution is 0.264. The number of sulfonamides is 1. The Labute approximate surface area is 140 Å². The fraction of sp³-hybridized carbons (Fsp3) is 0.467. The number of rotatable bonds is 5. The van der Waals surface area contributed by atoms with Crippen LogP contribution in [0, 0.1) is 5.92 Å². The Morgan fingerprint density at radius 3 is 2.96 bits per heavy atom. The molecule has 23 heavy (non-hydrogen) atoms. The highest BCUT2D eigenvalue weighted by atomic mass is 32.2. The molecule has 1 atom stereocenters. The summed E-state index contributed by atoms with van der Waals surface area (Å²) in [4.78, 5) is 8.66. The van der Waals surface area contributed by atoms with Gasteiger partial charge in [0.25, 0.3) is 10.0 Å². The van der Waals surface area contributed by atoms with Gasteiger partial charge in [-0.2, -0.15) is 4.31 Å². The van der Waals surface area contributed by atoms with Crippen LogP contribution in [0.3, 0.4) is 0 Å². The van der Waals surface area contributed by atoms with Gasteiger partial charge in [0, 0.05) is 32.5 Å². The number of nitrogens with zero attached hydrogens (tertiary/aromatic N) is 3. The molecule has 8 heteroatoms. The van der Waals surface area contributed by atoms with Gasteiger partial charge in [0.2, 0.25) is 0 Å². The molecule has 0 aromatic carbocycles. The largest absolute Gasteiger partial charge is 0.372 e.